The van der Waals surface area contributed by atoms with E-state index in [4.69, 9.17) is 4.55 Å². The van der Waals surface area contributed by atoms with Crippen molar-refractivity contribution in [1.29, 1.82) is 0 Å². The van der Waals surface area contributed by atoms with Gasteiger partial charge in [-0.15, -0.1) is 0 Å². The molecule has 2 aromatic rings. The van der Waals surface area contributed by atoms with Gasteiger partial charge in [-0.3, -0.25) is 4.55 Å². The normalized spacial score (nSPS) is 14.8. The van der Waals surface area contributed by atoms with E-state index in [0.717, 1.165) is 18.4 Å². The monoisotopic (exact) mass is 374 g/mol. The first-order chi connectivity index (χ1) is 12.0. The molecular weight excluding hydrogens is 344 g/mol. The van der Waals surface area contributed by atoms with Gasteiger partial charge in [0.25, 0.3) is 10.1 Å². The third-order valence-electron chi connectivity index (χ3n) is 5.13. The van der Waals surface area contributed by atoms with Crippen molar-refractivity contribution in [1.82, 2.24) is 0 Å². The Hall–Kier alpha value is -1.65. The minimum absolute atomic E-state index is 0.0538. The summed E-state index contributed by atoms with van der Waals surface area (Å²) < 4.78 is 31.5. The molecule has 142 valence electrons. The molecule has 0 heterocycles. The number of hydrogen-bond donors (Lipinski definition) is 1. The third kappa shape index (κ3) is 5.18. The van der Waals surface area contributed by atoms with E-state index in [1.165, 1.54) is 23.3 Å². The van der Waals surface area contributed by atoms with Gasteiger partial charge in [0.2, 0.25) is 0 Å². The molecule has 0 saturated heterocycles. The second kappa shape index (κ2) is 7.93. The molecule has 0 aliphatic heterocycles. The van der Waals surface area contributed by atoms with Crippen LogP contribution in [0.15, 0.2) is 53.4 Å². The molecule has 0 aliphatic rings. The highest BCUT2D eigenvalue weighted by Crippen LogP contribution is 2.33. The Kier molecular flexibility index (Phi) is 6.30. The maximum atomic E-state index is 11.2. The van der Waals surface area contributed by atoms with Crippen molar-refractivity contribution in [2.24, 2.45) is 0 Å². The van der Waals surface area contributed by atoms with Crippen LogP contribution in [0.2, 0.25) is 0 Å². The van der Waals surface area contributed by atoms with E-state index in [2.05, 4.69) is 58.9 Å². The van der Waals surface area contributed by atoms with Gasteiger partial charge in [0.05, 0.1) is 4.90 Å². The van der Waals surface area contributed by atoms with Crippen LogP contribution in [0, 0.1) is 0 Å². The topological polar surface area (TPSA) is 54.4 Å². The molecular formula is C22H30O3S. The number of benzene rings is 2. The van der Waals surface area contributed by atoms with Crippen LogP contribution in [-0.4, -0.2) is 13.0 Å². The van der Waals surface area contributed by atoms with Crippen LogP contribution in [0.5, 0.6) is 0 Å². The van der Waals surface area contributed by atoms with Crippen LogP contribution >= 0.6 is 0 Å². The summed E-state index contributed by atoms with van der Waals surface area (Å²) in [6.45, 7) is 11.0. The molecule has 2 atom stereocenters. The Morgan fingerprint density at radius 3 is 1.85 bits per heavy atom. The largest absolute Gasteiger partial charge is 0.294 e. The molecule has 3 nitrogen and oxygen atoms in total. The molecule has 0 aliphatic carbocycles. The first-order valence-electron chi connectivity index (χ1n) is 9.20. The predicted molar refractivity (Wildman–Crippen MR) is 107 cm³/mol. The highest BCUT2D eigenvalue weighted by Gasteiger charge is 2.18. The molecule has 0 amide bonds. The Morgan fingerprint density at radius 1 is 0.923 bits per heavy atom. The summed E-state index contributed by atoms with van der Waals surface area (Å²) in [7, 11) is -4.13. The van der Waals surface area contributed by atoms with Crippen LogP contribution < -0.4 is 0 Å². The molecule has 2 unspecified atom stereocenters. The molecule has 0 fully saturated rings. The molecule has 1 N–H and O–H groups in total. The lowest BCUT2D eigenvalue weighted by Crippen LogP contribution is -2.11. The zero-order valence-corrected chi connectivity index (χ0v) is 17.2. The van der Waals surface area contributed by atoms with Crippen LogP contribution in [0.3, 0.4) is 0 Å². The van der Waals surface area contributed by atoms with Gasteiger partial charge in [-0.1, -0.05) is 71.0 Å². The second-order valence-corrected chi connectivity index (χ2v) is 9.58. The van der Waals surface area contributed by atoms with E-state index in [1.807, 2.05) is 12.1 Å². The van der Waals surface area contributed by atoms with Crippen LogP contribution in [0.4, 0.5) is 0 Å². The van der Waals surface area contributed by atoms with Crippen molar-refractivity contribution in [2.45, 2.75) is 69.6 Å². The molecule has 4 heteroatoms. The predicted octanol–water partition coefficient (Wildman–Crippen LogP) is 5.92. The SMILES string of the molecule is CCC(CC(C)c1ccc(C(C)(C)C)cc1)c1ccc(S(=O)(=O)O)cc1. The van der Waals surface area contributed by atoms with Gasteiger partial charge in [0.1, 0.15) is 0 Å². The fourth-order valence-electron chi connectivity index (χ4n) is 3.32. The highest BCUT2D eigenvalue weighted by atomic mass is 32.2. The van der Waals surface area contributed by atoms with Crippen molar-refractivity contribution < 1.29 is 13.0 Å². The number of hydrogen-bond acceptors (Lipinski definition) is 2. The van der Waals surface area contributed by atoms with Gasteiger partial charge in [-0.2, -0.15) is 8.42 Å². The first kappa shape index (κ1) is 20.7. The smallest absolute Gasteiger partial charge is 0.282 e. The highest BCUT2D eigenvalue weighted by molar-refractivity contribution is 7.85. The zero-order valence-electron chi connectivity index (χ0n) is 16.4. The molecule has 0 bridgehead atoms. The fourth-order valence-corrected chi connectivity index (χ4v) is 3.80. The number of rotatable bonds is 6. The standard InChI is InChI=1S/C22H30O3S/c1-6-17(19-9-13-21(14-10-19)26(23,24)25)15-16(2)18-7-11-20(12-8-18)22(3,4)5/h7-14,16-17H,6,15H2,1-5H3,(H,23,24,25). The van der Waals surface area contributed by atoms with Crippen molar-refractivity contribution in [3.05, 3.63) is 65.2 Å². The average Bonchev–Trinajstić information content (AvgIpc) is 2.58. The molecule has 2 rings (SSSR count). The maximum absolute atomic E-state index is 11.2. The van der Waals surface area contributed by atoms with Crippen molar-refractivity contribution >= 4 is 10.1 Å². The Balaban J connectivity index is 2.14. The van der Waals surface area contributed by atoms with Gasteiger partial charge in [-0.25, -0.2) is 0 Å². The lowest BCUT2D eigenvalue weighted by Gasteiger charge is -2.23. The summed E-state index contributed by atoms with van der Waals surface area (Å²) in [5.74, 6) is 0.762. The minimum Gasteiger partial charge on any atom is -0.282 e. The van der Waals surface area contributed by atoms with Gasteiger partial charge in [-0.05, 0) is 58.9 Å². The lowest BCUT2D eigenvalue weighted by molar-refractivity contribution is 0.483. The van der Waals surface area contributed by atoms with Crippen molar-refractivity contribution in [3.8, 4) is 0 Å². The van der Waals surface area contributed by atoms with Crippen molar-refractivity contribution in [3.63, 3.8) is 0 Å². The Bertz CT molecular complexity index is 813. The van der Waals surface area contributed by atoms with Gasteiger partial charge in [0, 0.05) is 0 Å². The summed E-state index contributed by atoms with van der Waals surface area (Å²) in [6, 6.07) is 15.5. The lowest BCUT2D eigenvalue weighted by atomic mass is 9.82. The Labute approximate surface area is 158 Å². The van der Waals surface area contributed by atoms with E-state index in [-0.39, 0.29) is 10.3 Å². The average molecular weight is 375 g/mol. The first-order valence-corrected chi connectivity index (χ1v) is 10.6. The molecule has 0 aromatic heterocycles. The van der Waals surface area contributed by atoms with E-state index < -0.39 is 10.1 Å². The van der Waals surface area contributed by atoms with E-state index in [0.29, 0.717) is 11.8 Å². The minimum atomic E-state index is -4.13. The van der Waals surface area contributed by atoms with E-state index >= 15 is 0 Å². The summed E-state index contributed by atoms with van der Waals surface area (Å²) in [4.78, 5) is -0.0538. The summed E-state index contributed by atoms with van der Waals surface area (Å²) in [5, 5.41) is 0. The molecule has 0 saturated carbocycles. The van der Waals surface area contributed by atoms with Crippen LogP contribution in [0.25, 0.3) is 0 Å². The van der Waals surface area contributed by atoms with Crippen LogP contribution in [-0.2, 0) is 15.5 Å². The Morgan fingerprint density at radius 2 is 1.42 bits per heavy atom. The van der Waals surface area contributed by atoms with Gasteiger partial charge in [0.15, 0.2) is 0 Å². The molecule has 2 aromatic carbocycles. The zero-order chi connectivity index (χ0) is 19.5. The second-order valence-electron chi connectivity index (χ2n) is 8.16. The molecule has 0 spiro atoms. The summed E-state index contributed by atoms with van der Waals surface area (Å²) >= 11 is 0. The van der Waals surface area contributed by atoms with Crippen LogP contribution in [0.1, 0.15) is 76.0 Å². The molecule has 26 heavy (non-hydrogen) atoms. The van der Waals surface area contributed by atoms with Crippen molar-refractivity contribution in [2.75, 3.05) is 0 Å². The van der Waals surface area contributed by atoms with E-state index in [1.54, 1.807) is 0 Å². The van der Waals surface area contributed by atoms with Gasteiger partial charge >= 0.3 is 0 Å². The summed E-state index contributed by atoms with van der Waals surface area (Å²) in [6.07, 6.45) is 1.98. The summed E-state index contributed by atoms with van der Waals surface area (Å²) in [5.41, 5.74) is 3.92. The van der Waals surface area contributed by atoms with E-state index in [9.17, 15) is 8.42 Å². The quantitative estimate of drug-likeness (QED) is 0.639. The van der Waals surface area contributed by atoms with Gasteiger partial charge < -0.3 is 0 Å². The maximum Gasteiger partial charge on any atom is 0.294 e. The molecule has 0 radical (unpaired) electrons. The fraction of sp³-hybridized carbons (Fsp3) is 0.455. The third-order valence-corrected chi connectivity index (χ3v) is 5.99.